The summed E-state index contributed by atoms with van der Waals surface area (Å²) in [6.07, 6.45) is 0. The summed E-state index contributed by atoms with van der Waals surface area (Å²) in [5.74, 6) is -0.306. The summed E-state index contributed by atoms with van der Waals surface area (Å²) < 4.78 is 0. The van der Waals surface area contributed by atoms with Crippen LogP contribution in [0.4, 0.5) is 0 Å². The number of hydrogen-bond donors (Lipinski definition) is 6. The van der Waals surface area contributed by atoms with Crippen molar-refractivity contribution in [3.63, 3.8) is 0 Å². The van der Waals surface area contributed by atoms with E-state index in [0.29, 0.717) is 0 Å². The standard InChI is InChI=1S/2C6H6O2.BH2O2/c2*7-5-3-1-2-4-6(5)8;2-1-3/h2*1-4,7-8H;2-3H. The first kappa shape index (κ1) is 16.6. The maximum absolute atomic E-state index is 8.67. The highest BCUT2D eigenvalue weighted by atomic mass is 16.4. The van der Waals surface area contributed by atoms with Gasteiger partial charge < -0.3 is 30.5 Å². The van der Waals surface area contributed by atoms with Crippen molar-refractivity contribution in [1.82, 2.24) is 0 Å². The number of benzene rings is 2. The minimum atomic E-state index is -0.0764. The molecule has 19 heavy (non-hydrogen) atoms. The fourth-order valence-electron chi connectivity index (χ4n) is 0.928. The Morgan fingerprint density at radius 3 is 0.789 bits per heavy atom. The largest absolute Gasteiger partial charge is 0.504 e. The molecule has 6 nitrogen and oxygen atoms in total. The third-order valence-electron chi connectivity index (χ3n) is 1.76. The molecule has 101 valence electrons. The molecule has 0 bridgehead atoms. The first-order valence-electron chi connectivity index (χ1n) is 5.07. The minimum absolute atomic E-state index is 0. The van der Waals surface area contributed by atoms with Gasteiger partial charge in [-0.15, -0.1) is 0 Å². The third-order valence-corrected chi connectivity index (χ3v) is 1.76. The van der Waals surface area contributed by atoms with E-state index in [2.05, 4.69) is 0 Å². The van der Waals surface area contributed by atoms with Crippen LogP contribution in [-0.4, -0.2) is 38.2 Å². The van der Waals surface area contributed by atoms with E-state index < -0.39 is 0 Å². The van der Waals surface area contributed by atoms with Crippen LogP contribution in [-0.2, 0) is 0 Å². The third kappa shape index (κ3) is 7.53. The van der Waals surface area contributed by atoms with E-state index in [4.69, 9.17) is 30.5 Å². The Kier molecular flexibility index (Phi) is 8.43. The zero-order valence-electron chi connectivity index (χ0n) is 9.88. The highest BCUT2D eigenvalue weighted by Gasteiger charge is 1.91. The first-order valence-corrected chi connectivity index (χ1v) is 5.07. The number of phenols is 4. The van der Waals surface area contributed by atoms with Crippen LogP contribution in [0.2, 0.25) is 0 Å². The molecule has 0 saturated heterocycles. The van der Waals surface area contributed by atoms with Crippen LogP contribution in [0.5, 0.6) is 23.0 Å². The van der Waals surface area contributed by atoms with Gasteiger partial charge in [-0.2, -0.15) is 0 Å². The topological polar surface area (TPSA) is 121 Å². The van der Waals surface area contributed by atoms with Gasteiger partial charge in [0.15, 0.2) is 23.0 Å². The van der Waals surface area contributed by atoms with Crippen LogP contribution in [0, 0.1) is 0 Å². The van der Waals surface area contributed by atoms with Gasteiger partial charge in [0.1, 0.15) is 0 Å². The molecule has 1 radical (unpaired) electrons. The zero-order valence-corrected chi connectivity index (χ0v) is 9.88. The number of hydrogen-bond acceptors (Lipinski definition) is 6. The Hall–Kier alpha value is -2.38. The first-order chi connectivity index (χ1) is 9.02. The molecule has 0 fully saturated rings. The van der Waals surface area contributed by atoms with E-state index in [0.717, 1.165) is 0 Å². The Balaban J connectivity index is 0.000000284. The molecular formula is C12H14BO6. The van der Waals surface area contributed by atoms with Gasteiger partial charge in [-0.05, 0) is 24.3 Å². The summed E-state index contributed by atoms with van der Waals surface area (Å²) in [6.45, 7) is 0. The molecule has 0 aliphatic carbocycles. The van der Waals surface area contributed by atoms with Crippen LogP contribution in [0.15, 0.2) is 48.5 Å². The van der Waals surface area contributed by atoms with Gasteiger partial charge in [0.2, 0.25) is 0 Å². The van der Waals surface area contributed by atoms with Gasteiger partial charge in [0.05, 0.1) is 0 Å². The van der Waals surface area contributed by atoms with E-state index >= 15 is 0 Å². The van der Waals surface area contributed by atoms with Gasteiger partial charge >= 0.3 is 7.69 Å². The van der Waals surface area contributed by atoms with Crippen molar-refractivity contribution < 1.29 is 30.5 Å². The summed E-state index contributed by atoms with van der Waals surface area (Å²) in [5.41, 5.74) is 0. The lowest BCUT2D eigenvalue weighted by Gasteiger charge is -1.91. The molecular weight excluding hydrogens is 251 g/mol. The lowest BCUT2D eigenvalue weighted by molar-refractivity contribution is 0.404. The molecule has 2 rings (SSSR count). The van der Waals surface area contributed by atoms with Crippen molar-refractivity contribution >= 4 is 7.69 Å². The van der Waals surface area contributed by atoms with Crippen LogP contribution < -0.4 is 0 Å². The van der Waals surface area contributed by atoms with E-state index in [9.17, 15) is 0 Å². The Morgan fingerprint density at radius 2 is 0.684 bits per heavy atom. The number of para-hydroxylation sites is 4. The molecule has 7 heteroatoms. The average Bonchev–Trinajstić information content (AvgIpc) is 2.38. The van der Waals surface area contributed by atoms with Crippen molar-refractivity contribution in [2.75, 3.05) is 0 Å². The van der Waals surface area contributed by atoms with Crippen molar-refractivity contribution in [3.05, 3.63) is 48.5 Å². The number of aromatic hydroxyl groups is 4. The predicted molar refractivity (Wildman–Crippen MR) is 69.7 cm³/mol. The predicted octanol–water partition coefficient (Wildman–Crippen LogP) is 0.701. The maximum atomic E-state index is 8.67. The second-order valence-corrected chi connectivity index (χ2v) is 3.09. The monoisotopic (exact) mass is 265 g/mol. The fourth-order valence-corrected chi connectivity index (χ4v) is 0.928. The molecule has 2 aromatic carbocycles. The number of phenolic OH excluding ortho intramolecular Hbond substituents is 4. The molecule has 0 unspecified atom stereocenters. The normalized spacial score (nSPS) is 8.32. The molecule has 0 heterocycles. The average molecular weight is 265 g/mol. The van der Waals surface area contributed by atoms with Crippen LogP contribution in [0.1, 0.15) is 0 Å². The van der Waals surface area contributed by atoms with E-state index in [1.54, 1.807) is 24.3 Å². The molecule has 0 spiro atoms. The Bertz CT molecular complexity index is 392. The van der Waals surface area contributed by atoms with Crippen LogP contribution >= 0.6 is 0 Å². The van der Waals surface area contributed by atoms with Crippen molar-refractivity contribution in [1.29, 1.82) is 0 Å². The molecule has 0 saturated carbocycles. The Morgan fingerprint density at radius 1 is 0.526 bits per heavy atom. The number of rotatable bonds is 0. The highest BCUT2D eigenvalue weighted by molar-refractivity contribution is 6.13. The van der Waals surface area contributed by atoms with Crippen molar-refractivity contribution in [2.45, 2.75) is 0 Å². The quantitative estimate of drug-likeness (QED) is 0.308. The molecule has 0 aliphatic heterocycles. The summed E-state index contributed by atoms with van der Waals surface area (Å²) in [4.78, 5) is 0. The van der Waals surface area contributed by atoms with Gasteiger partial charge in [0, 0.05) is 0 Å². The minimum Gasteiger partial charge on any atom is -0.504 e. The lowest BCUT2D eigenvalue weighted by Crippen LogP contribution is -1.75. The van der Waals surface area contributed by atoms with Gasteiger partial charge in [-0.25, -0.2) is 0 Å². The lowest BCUT2D eigenvalue weighted by atomic mass is 10.3. The second-order valence-electron chi connectivity index (χ2n) is 3.09. The smallest absolute Gasteiger partial charge is 0.482 e. The molecule has 0 aliphatic rings. The maximum Gasteiger partial charge on any atom is 0.482 e. The summed E-state index contributed by atoms with van der Waals surface area (Å²) >= 11 is 0. The molecule has 0 amide bonds. The van der Waals surface area contributed by atoms with E-state index in [1.807, 2.05) is 0 Å². The molecule has 0 atom stereocenters. The highest BCUT2D eigenvalue weighted by Crippen LogP contribution is 2.21. The fraction of sp³-hybridized carbons (Fsp3) is 0. The summed E-state index contributed by atoms with van der Waals surface area (Å²) in [5, 5.41) is 48.7. The molecule has 2 aromatic rings. The molecule has 0 aromatic heterocycles. The van der Waals surface area contributed by atoms with Crippen LogP contribution in [0.25, 0.3) is 0 Å². The summed E-state index contributed by atoms with van der Waals surface area (Å²) in [6, 6.07) is 12.3. The molecule has 6 N–H and O–H groups in total. The van der Waals surface area contributed by atoms with Gasteiger partial charge in [-0.1, -0.05) is 24.3 Å². The second kappa shape index (κ2) is 9.63. The van der Waals surface area contributed by atoms with E-state index in [-0.39, 0.29) is 30.7 Å². The van der Waals surface area contributed by atoms with Crippen molar-refractivity contribution in [3.8, 4) is 23.0 Å². The zero-order chi connectivity index (χ0) is 14.7. The van der Waals surface area contributed by atoms with Crippen molar-refractivity contribution in [2.24, 2.45) is 0 Å². The van der Waals surface area contributed by atoms with Crippen LogP contribution in [0.3, 0.4) is 0 Å². The summed E-state index contributed by atoms with van der Waals surface area (Å²) in [7, 11) is 0. The Labute approximate surface area is 110 Å². The van der Waals surface area contributed by atoms with E-state index in [1.165, 1.54) is 24.3 Å². The van der Waals surface area contributed by atoms with Gasteiger partial charge in [-0.3, -0.25) is 0 Å². The SMILES string of the molecule is O[B]O.Oc1ccccc1O.Oc1ccccc1O. The van der Waals surface area contributed by atoms with Gasteiger partial charge in [0.25, 0.3) is 0 Å².